The first-order valence-electron chi connectivity index (χ1n) is 5.97. The highest BCUT2D eigenvalue weighted by Gasteiger charge is 2.27. The van der Waals surface area contributed by atoms with E-state index in [9.17, 15) is 4.79 Å². The number of anilines is 1. The van der Waals surface area contributed by atoms with Gasteiger partial charge in [-0.15, -0.1) is 0 Å². The Morgan fingerprint density at radius 2 is 1.88 bits per heavy atom. The van der Waals surface area contributed by atoms with Gasteiger partial charge in [-0.3, -0.25) is 4.79 Å². The van der Waals surface area contributed by atoms with Crippen LogP contribution in [-0.2, 0) is 5.41 Å². The molecular weight excluding hydrogens is 232 g/mol. The number of hydrogen-bond donors (Lipinski definition) is 1. The highest BCUT2D eigenvalue weighted by molar-refractivity contribution is 7.71. The fourth-order valence-corrected chi connectivity index (χ4v) is 2.39. The maximum atomic E-state index is 11.7. The topological polar surface area (TPSA) is 32.3 Å². The zero-order valence-corrected chi connectivity index (χ0v) is 12.2. The molecule has 1 aromatic carbocycles. The van der Waals surface area contributed by atoms with Crippen LogP contribution in [-0.4, -0.2) is 32.1 Å². The maximum Gasteiger partial charge on any atom is 0.220 e. The number of hydrogen-bond acceptors (Lipinski definition) is 4. The molecule has 0 spiro atoms. The average molecular weight is 254 g/mol. The highest BCUT2D eigenvalue weighted by atomic mass is 32.1. The monoisotopic (exact) mass is 254 g/mol. The SMILES string of the molecule is CN(C)CCCNc1c(C(C)(C)C)c(=S)c1=O. The first-order chi connectivity index (χ1) is 7.75. The van der Waals surface area contributed by atoms with E-state index in [1.54, 1.807) is 0 Å². The van der Waals surface area contributed by atoms with Crippen LogP contribution in [0.1, 0.15) is 32.8 Å². The van der Waals surface area contributed by atoms with Crippen LogP contribution in [0.25, 0.3) is 0 Å². The molecule has 0 aromatic heterocycles. The van der Waals surface area contributed by atoms with Crippen molar-refractivity contribution in [3.63, 3.8) is 0 Å². The van der Waals surface area contributed by atoms with Crippen molar-refractivity contribution in [2.75, 3.05) is 32.5 Å². The Kier molecular flexibility index (Phi) is 4.44. The molecule has 4 heteroatoms. The third-order valence-corrected chi connectivity index (χ3v) is 3.13. The van der Waals surface area contributed by atoms with Crippen molar-refractivity contribution in [2.24, 2.45) is 0 Å². The van der Waals surface area contributed by atoms with Gasteiger partial charge in [0.05, 0.1) is 10.2 Å². The Balaban J connectivity index is 2.64. The first kappa shape index (κ1) is 14.3. The van der Waals surface area contributed by atoms with Gasteiger partial charge in [-0.1, -0.05) is 33.0 Å². The Labute approximate surface area is 109 Å². The van der Waals surface area contributed by atoms with Gasteiger partial charge >= 0.3 is 0 Å². The van der Waals surface area contributed by atoms with E-state index in [2.05, 4.69) is 31.0 Å². The van der Waals surface area contributed by atoms with E-state index in [0.29, 0.717) is 4.51 Å². The van der Waals surface area contributed by atoms with Gasteiger partial charge in [-0.2, -0.15) is 0 Å². The van der Waals surface area contributed by atoms with Crippen molar-refractivity contribution in [3.05, 3.63) is 20.3 Å². The molecule has 0 saturated heterocycles. The van der Waals surface area contributed by atoms with Gasteiger partial charge in [0.1, 0.15) is 0 Å². The Morgan fingerprint density at radius 1 is 1.29 bits per heavy atom. The first-order valence-corrected chi connectivity index (χ1v) is 6.38. The van der Waals surface area contributed by atoms with Crippen LogP contribution in [0.3, 0.4) is 0 Å². The molecular formula is C13H22N2OS. The van der Waals surface area contributed by atoms with Crippen LogP contribution in [0, 0.1) is 4.51 Å². The summed E-state index contributed by atoms with van der Waals surface area (Å²) in [5, 5.41) is 3.23. The summed E-state index contributed by atoms with van der Waals surface area (Å²) in [5.41, 5.74) is 1.72. The summed E-state index contributed by atoms with van der Waals surface area (Å²) < 4.78 is 0.507. The molecule has 3 nitrogen and oxygen atoms in total. The van der Waals surface area contributed by atoms with Crippen molar-refractivity contribution in [3.8, 4) is 0 Å². The highest BCUT2D eigenvalue weighted by Crippen LogP contribution is 2.30. The van der Waals surface area contributed by atoms with Crippen LogP contribution in [0.5, 0.6) is 0 Å². The van der Waals surface area contributed by atoms with Gasteiger partial charge < -0.3 is 10.2 Å². The van der Waals surface area contributed by atoms with Crippen molar-refractivity contribution < 1.29 is 0 Å². The number of rotatable bonds is 5. The molecule has 17 heavy (non-hydrogen) atoms. The zero-order chi connectivity index (χ0) is 13.2. The molecule has 1 N–H and O–H groups in total. The zero-order valence-electron chi connectivity index (χ0n) is 11.4. The van der Waals surface area contributed by atoms with Gasteiger partial charge in [0.15, 0.2) is 0 Å². The van der Waals surface area contributed by atoms with E-state index in [-0.39, 0.29) is 10.8 Å². The minimum absolute atomic E-state index is 0.00905. The molecule has 0 bridgehead atoms. The largest absolute Gasteiger partial charge is 0.382 e. The molecule has 96 valence electrons. The lowest BCUT2D eigenvalue weighted by atomic mass is 9.83. The Hall–Kier alpha value is -0.740. The molecule has 0 aliphatic carbocycles. The smallest absolute Gasteiger partial charge is 0.220 e. The van der Waals surface area contributed by atoms with Crippen molar-refractivity contribution in [1.29, 1.82) is 0 Å². The van der Waals surface area contributed by atoms with Gasteiger partial charge in [0.2, 0.25) is 5.43 Å². The second kappa shape index (κ2) is 5.27. The van der Waals surface area contributed by atoms with Crippen LogP contribution in [0.15, 0.2) is 4.79 Å². The molecule has 0 fully saturated rings. The number of nitrogens with zero attached hydrogens (tertiary/aromatic N) is 1. The van der Waals surface area contributed by atoms with E-state index in [1.165, 1.54) is 0 Å². The number of nitrogens with one attached hydrogen (secondary N) is 1. The molecule has 1 rings (SSSR count). The fourth-order valence-electron chi connectivity index (χ4n) is 1.88. The third-order valence-electron chi connectivity index (χ3n) is 2.74. The summed E-state index contributed by atoms with van der Waals surface area (Å²) in [6, 6.07) is 0. The van der Waals surface area contributed by atoms with Gasteiger partial charge in [-0.05, 0) is 32.5 Å². The second-order valence-electron chi connectivity index (χ2n) is 5.74. The predicted octanol–water partition coefficient (Wildman–Crippen LogP) is 2.31. The Morgan fingerprint density at radius 3 is 2.35 bits per heavy atom. The van der Waals surface area contributed by atoms with Crippen LogP contribution >= 0.6 is 12.2 Å². The summed E-state index contributed by atoms with van der Waals surface area (Å²) in [4.78, 5) is 13.8. The minimum atomic E-state index is -0.0468. The quantitative estimate of drug-likeness (QED) is 0.645. The van der Waals surface area contributed by atoms with Crippen LogP contribution in [0.2, 0.25) is 0 Å². The van der Waals surface area contributed by atoms with E-state index in [0.717, 1.165) is 30.8 Å². The third kappa shape index (κ3) is 3.36. The molecule has 0 amide bonds. The summed E-state index contributed by atoms with van der Waals surface area (Å²) in [7, 11) is 4.09. The predicted molar refractivity (Wildman–Crippen MR) is 76.3 cm³/mol. The molecule has 1 aromatic rings. The molecule has 0 heterocycles. The summed E-state index contributed by atoms with van der Waals surface area (Å²) in [6.45, 7) is 8.10. The summed E-state index contributed by atoms with van der Waals surface area (Å²) in [6.07, 6.45) is 1.02. The normalized spacial score (nSPS) is 12.4. The molecule has 0 unspecified atom stereocenters. The van der Waals surface area contributed by atoms with E-state index >= 15 is 0 Å². The average Bonchev–Trinajstić information content (AvgIpc) is 2.19. The Bertz CT molecular complexity index is 450. The molecule has 0 aliphatic heterocycles. The van der Waals surface area contributed by atoms with E-state index in [4.69, 9.17) is 12.2 Å². The lowest BCUT2D eigenvalue weighted by Crippen LogP contribution is -2.29. The van der Waals surface area contributed by atoms with Crippen molar-refractivity contribution in [1.82, 2.24) is 4.90 Å². The minimum Gasteiger partial charge on any atom is -0.382 e. The van der Waals surface area contributed by atoms with Gasteiger partial charge in [0.25, 0.3) is 0 Å². The van der Waals surface area contributed by atoms with E-state index < -0.39 is 0 Å². The molecule has 0 aliphatic rings. The van der Waals surface area contributed by atoms with Gasteiger partial charge in [-0.25, -0.2) is 0 Å². The standard InChI is InChI=1S/C13H22N2OS/c1-13(2,3)9-10(11(16)12(9)17)14-7-6-8-15(4)5/h14H,6-8H2,1-5H3. The molecule has 0 atom stereocenters. The lowest BCUT2D eigenvalue weighted by Gasteiger charge is -2.25. The fraction of sp³-hybridized carbons (Fsp3) is 0.692. The molecule has 0 saturated carbocycles. The lowest BCUT2D eigenvalue weighted by molar-refractivity contribution is 0.405. The summed E-state index contributed by atoms with van der Waals surface area (Å²) >= 11 is 5.12. The molecule has 0 radical (unpaired) electrons. The van der Waals surface area contributed by atoms with Crippen LogP contribution < -0.4 is 10.7 Å². The van der Waals surface area contributed by atoms with Crippen LogP contribution in [0.4, 0.5) is 5.69 Å². The van der Waals surface area contributed by atoms with Gasteiger partial charge in [0, 0.05) is 12.1 Å². The second-order valence-corrected chi connectivity index (χ2v) is 6.15. The van der Waals surface area contributed by atoms with E-state index in [1.807, 2.05) is 14.1 Å². The maximum absolute atomic E-state index is 11.7. The van der Waals surface area contributed by atoms with Crippen molar-refractivity contribution >= 4 is 17.9 Å². The van der Waals surface area contributed by atoms with Crippen molar-refractivity contribution in [2.45, 2.75) is 32.6 Å². The summed E-state index contributed by atoms with van der Waals surface area (Å²) in [5.74, 6) is 0.